The molecule has 0 heterocycles. The molecule has 1 aromatic carbocycles. The molecule has 0 unspecified atom stereocenters. The van der Waals surface area contributed by atoms with Gasteiger partial charge in [-0.3, -0.25) is 4.79 Å². The van der Waals surface area contributed by atoms with E-state index in [2.05, 4.69) is 20.9 Å². The number of nitrogens with zero attached hydrogens (tertiary/aromatic N) is 1. The fourth-order valence-corrected chi connectivity index (χ4v) is 1.96. The largest absolute Gasteiger partial charge is 0.357 e. The van der Waals surface area contributed by atoms with Crippen molar-refractivity contribution in [3.63, 3.8) is 0 Å². The summed E-state index contributed by atoms with van der Waals surface area (Å²) >= 11 is 0. The van der Waals surface area contributed by atoms with E-state index < -0.39 is 0 Å². The van der Waals surface area contributed by atoms with Gasteiger partial charge in [0.15, 0.2) is 5.96 Å². The number of benzene rings is 1. The van der Waals surface area contributed by atoms with Crippen molar-refractivity contribution >= 4 is 11.9 Å². The number of halogens is 1. The molecule has 1 aromatic rings. The molecular weight excluding hydrogens is 283 g/mol. The second-order valence-corrected chi connectivity index (χ2v) is 5.31. The van der Waals surface area contributed by atoms with Gasteiger partial charge in [0.1, 0.15) is 5.82 Å². The van der Waals surface area contributed by atoms with Crippen LogP contribution in [0, 0.1) is 11.7 Å². The molecule has 0 radical (unpaired) electrons. The summed E-state index contributed by atoms with van der Waals surface area (Å²) in [6.07, 6.45) is 2.03. The van der Waals surface area contributed by atoms with Crippen molar-refractivity contribution in [1.29, 1.82) is 0 Å². The lowest BCUT2D eigenvalue weighted by Gasteiger charge is -2.11. The SMILES string of the molecule is CCNC(=NCc1ccc(F)cc1)NCCNC(=O)C1CC1. The molecule has 0 bridgehead atoms. The van der Waals surface area contributed by atoms with Crippen molar-refractivity contribution in [3.8, 4) is 0 Å². The molecule has 0 saturated heterocycles. The van der Waals surface area contributed by atoms with E-state index in [4.69, 9.17) is 0 Å². The number of amides is 1. The summed E-state index contributed by atoms with van der Waals surface area (Å²) in [5.41, 5.74) is 0.945. The Morgan fingerprint density at radius 1 is 1.18 bits per heavy atom. The minimum Gasteiger partial charge on any atom is -0.357 e. The maximum absolute atomic E-state index is 12.8. The first-order valence-electron chi connectivity index (χ1n) is 7.73. The van der Waals surface area contributed by atoms with Crippen LogP contribution in [-0.2, 0) is 11.3 Å². The Bertz CT molecular complexity index is 511. The molecule has 1 saturated carbocycles. The Balaban J connectivity index is 1.73. The molecule has 0 aromatic heterocycles. The van der Waals surface area contributed by atoms with E-state index in [1.807, 2.05) is 6.92 Å². The van der Waals surface area contributed by atoms with Gasteiger partial charge in [0.05, 0.1) is 6.54 Å². The van der Waals surface area contributed by atoms with Gasteiger partial charge in [-0.25, -0.2) is 9.38 Å². The third-order valence-electron chi connectivity index (χ3n) is 3.34. The van der Waals surface area contributed by atoms with Gasteiger partial charge in [-0.1, -0.05) is 12.1 Å². The number of hydrogen-bond acceptors (Lipinski definition) is 2. The highest BCUT2D eigenvalue weighted by molar-refractivity contribution is 5.81. The maximum Gasteiger partial charge on any atom is 0.223 e. The average molecular weight is 306 g/mol. The first-order valence-corrected chi connectivity index (χ1v) is 7.73. The van der Waals surface area contributed by atoms with Crippen LogP contribution in [-0.4, -0.2) is 31.5 Å². The maximum atomic E-state index is 12.8. The van der Waals surface area contributed by atoms with Crippen molar-refractivity contribution in [2.45, 2.75) is 26.3 Å². The first-order chi connectivity index (χ1) is 10.7. The van der Waals surface area contributed by atoms with Gasteiger partial charge in [0.2, 0.25) is 5.91 Å². The number of guanidine groups is 1. The number of carbonyl (C=O) groups excluding carboxylic acids is 1. The van der Waals surface area contributed by atoms with Gasteiger partial charge in [-0.05, 0) is 37.5 Å². The number of nitrogens with one attached hydrogen (secondary N) is 3. The predicted molar refractivity (Wildman–Crippen MR) is 85.0 cm³/mol. The Hall–Kier alpha value is -2.11. The lowest BCUT2D eigenvalue weighted by atomic mass is 10.2. The molecule has 0 atom stereocenters. The van der Waals surface area contributed by atoms with E-state index in [1.54, 1.807) is 12.1 Å². The summed E-state index contributed by atoms with van der Waals surface area (Å²) in [6, 6.07) is 6.30. The van der Waals surface area contributed by atoms with Crippen molar-refractivity contribution in [2.24, 2.45) is 10.9 Å². The van der Waals surface area contributed by atoms with E-state index in [0.29, 0.717) is 25.6 Å². The smallest absolute Gasteiger partial charge is 0.223 e. The quantitative estimate of drug-likeness (QED) is 0.405. The third kappa shape index (κ3) is 5.71. The van der Waals surface area contributed by atoms with Gasteiger partial charge < -0.3 is 16.0 Å². The van der Waals surface area contributed by atoms with E-state index in [9.17, 15) is 9.18 Å². The Kier molecular flexibility index (Phi) is 6.18. The van der Waals surface area contributed by atoms with Crippen LogP contribution in [0.4, 0.5) is 4.39 Å². The van der Waals surface area contributed by atoms with Crippen LogP contribution in [0.2, 0.25) is 0 Å². The fraction of sp³-hybridized carbons (Fsp3) is 0.500. The fourth-order valence-electron chi connectivity index (χ4n) is 1.96. The summed E-state index contributed by atoms with van der Waals surface area (Å²) in [5.74, 6) is 0.826. The highest BCUT2D eigenvalue weighted by Gasteiger charge is 2.28. The Morgan fingerprint density at radius 2 is 1.86 bits per heavy atom. The summed E-state index contributed by atoms with van der Waals surface area (Å²) in [4.78, 5) is 15.9. The van der Waals surface area contributed by atoms with Crippen molar-refractivity contribution in [3.05, 3.63) is 35.6 Å². The summed E-state index contributed by atoms with van der Waals surface area (Å²) in [5, 5.41) is 9.20. The third-order valence-corrected chi connectivity index (χ3v) is 3.34. The standard InChI is InChI=1S/C16H23FN4O/c1-2-18-16(20-10-9-19-15(22)13-5-6-13)21-11-12-3-7-14(17)8-4-12/h3-4,7-8,13H,2,5-6,9-11H2,1H3,(H,19,22)(H2,18,20,21). The van der Waals surface area contributed by atoms with Gasteiger partial charge >= 0.3 is 0 Å². The van der Waals surface area contributed by atoms with Crippen molar-refractivity contribution in [2.75, 3.05) is 19.6 Å². The molecule has 1 fully saturated rings. The second kappa shape index (κ2) is 8.36. The molecule has 0 aliphatic heterocycles. The molecule has 3 N–H and O–H groups in total. The zero-order valence-corrected chi connectivity index (χ0v) is 12.9. The van der Waals surface area contributed by atoms with Crippen molar-refractivity contribution in [1.82, 2.24) is 16.0 Å². The zero-order chi connectivity index (χ0) is 15.8. The monoisotopic (exact) mass is 306 g/mol. The van der Waals surface area contributed by atoms with Crippen LogP contribution in [0.5, 0.6) is 0 Å². The molecule has 120 valence electrons. The van der Waals surface area contributed by atoms with Crippen molar-refractivity contribution < 1.29 is 9.18 Å². The molecule has 0 spiro atoms. The molecule has 1 aliphatic rings. The number of hydrogen-bond donors (Lipinski definition) is 3. The Morgan fingerprint density at radius 3 is 2.50 bits per heavy atom. The molecule has 5 nitrogen and oxygen atoms in total. The van der Waals surface area contributed by atoms with Crippen LogP contribution >= 0.6 is 0 Å². The van der Waals surface area contributed by atoms with E-state index in [-0.39, 0.29) is 17.6 Å². The van der Waals surface area contributed by atoms with Gasteiger partial charge in [-0.15, -0.1) is 0 Å². The predicted octanol–water partition coefficient (Wildman–Crippen LogP) is 1.41. The molecule has 2 rings (SSSR count). The first kappa shape index (κ1) is 16.3. The minimum atomic E-state index is -0.246. The molecular formula is C16H23FN4O. The van der Waals surface area contributed by atoms with Crippen LogP contribution in [0.1, 0.15) is 25.3 Å². The normalized spacial score (nSPS) is 14.5. The second-order valence-electron chi connectivity index (χ2n) is 5.31. The van der Waals surface area contributed by atoms with Crippen LogP contribution in [0.25, 0.3) is 0 Å². The van der Waals surface area contributed by atoms with Crippen LogP contribution in [0.3, 0.4) is 0 Å². The summed E-state index contributed by atoms with van der Waals surface area (Å²) < 4.78 is 12.8. The topological polar surface area (TPSA) is 65.5 Å². The summed E-state index contributed by atoms with van der Waals surface area (Å²) in [7, 11) is 0. The Labute approximate surface area is 130 Å². The zero-order valence-electron chi connectivity index (χ0n) is 12.9. The van der Waals surface area contributed by atoms with Crippen LogP contribution in [0.15, 0.2) is 29.3 Å². The molecule has 1 aliphatic carbocycles. The van der Waals surface area contributed by atoms with Gasteiger partial charge in [0.25, 0.3) is 0 Å². The van der Waals surface area contributed by atoms with Crippen LogP contribution < -0.4 is 16.0 Å². The lowest BCUT2D eigenvalue weighted by Crippen LogP contribution is -2.41. The van der Waals surface area contributed by atoms with E-state index >= 15 is 0 Å². The minimum absolute atomic E-state index is 0.148. The molecule has 22 heavy (non-hydrogen) atoms. The van der Waals surface area contributed by atoms with E-state index in [1.165, 1.54) is 12.1 Å². The molecule has 1 amide bonds. The number of aliphatic imine (C=N–C) groups is 1. The van der Waals surface area contributed by atoms with Gasteiger partial charge in [0, 0.05) is 25.6 Å². The molecule has 6 heteroatoms. The number of carbonyl (C=O) groups is 1. The highest BCUT2D eigenvalue weighted by atomic mass is 19.1. The lowest BCUT2D eigenvalue weighted by molar-refractivity contribution is -0.122. The van der Waals surface area contributed by atoms with Gasteiger partial charge in [-0.2, -0.15) is 0 Å². The summed E-state index contributed by atoms with van der Waals surface area (Å²) in [6.45, 7) is 4.42. The average Bonchev–Trinajstić information content (AvgIpc) is 3.35. The number of rotatable bonds is 7. The highest BCUT2D eigenvalue weighted by Crippen LogP contribution is 2.28. The van der Waals surface area contributed by atoms with E-state index in [0.717, 1.165) is 24.9 Å².